The van der Waals surface area contributed by atoms with Crippen LogP contribution in [0.25, 0.3) is 0 Å². The van der Waals surface area contributed by atoms with Crippen LogP contribution >= 0.6 is 0 Å². The third-order valence-electron chi connectivity index (χ3n) is 4.45. The van der Waals surface area contributed by atoms with Crippen molar-refractivity contribution in [2.45, 2.75) is 51.5 Å². The van der Waals surface area contributed by atoms with E-state index in [1.807, 2.05) is 11.9 Å². The number of hydrogen-bond acceptors (Lipinski definition) is 2. The number of aryl methyl sites for hydroxylation is 1. The molecule has 0 radical (unpaired) electrons. The van der Waals surface area contributed by atoms with Gasteiger partial charge in [-0.2, -0.15) is 0 Å². The lowest BCUT2D eigenvalue weighted by Crippen LogP contribution is -2.49. The van der Waals surface area contributed by atoms with E-state index in [2.05, 4.69) is 50.4 Å². The van der Waals surface area contributed by atoms with Crippen molar-refractivity contribution in [2.75, 3.05) is 20.1 Å². The molecule has 1 aliphatic rings. The summed E-state index contributed by atoms with van der Waals surface area (Å²) < 4.78 is 0. The molecule has 1 amide bonds. The van der Waals surface area contributed by atoms with Gasteiger partial charge in [-0.25, -0.2) is 0 Å². The summed E-state index contributed by atoms with van der Waals surface area (Å²) >= 11 is 0. The number of rotatable bonds is 4. The van der Waals surface area contributed by atoms with Crippen LogP contribution in [0.2, 0.25) is 0 Å². The number of piperidine rings is 1. The molecule has 0 aromatic heterocycles. The molecule has 1 unspecified atom stereocenters. The predicted octanol–water partition coefficient (Wildman–Crippen LogP) is 2.87. The van der Waals surface area contributed by atoms with Crippen LogP contribution in [0.5, 0.6) is 0 Å². The SMILES string of the molecule is Cc1ccc(C(C)(C)CN(C)C(=O)C2CCCCN2)cc1. The molecule has 1 aromatic carbocycles. The van der Waals surface area contributed by atoms with Crippen LogP contribution in [-0.4, -0.2) is 37.0 Å². The summed E-state index contributed by atoms with van der Waals surface area (Å²) in [7, 11) is 1.93. The molecule has 0 spiro atoms. The zero-order chi connectivity index (χ0) is 15.5. The van der Waals surface area contributed by atoms with E-state index in [-0.39, 0.29) is 17.4 Å². The molecular formula is C18H28N2O. The fourth-order valence-electron chi connectivity index (χ4n) is 3.10. The summed E-state index contributed by atoms with van der Waals surface area (Å²) in [5.41, 5.74) is 2.52. The number of amides is 1. The van der Waals surface area contributed by atoms with Crippen LogP contribution in [-0.2, 0) is 10.2 Å². The molecule has 1 N–H and O–H groups in total. The first-order valence-corrected chi connectivity index (χ1v) is 7.96. The molecule has 0 bridgehead atoms. The first-order valence-electron chi connectivity index (χ1n) is 7.96. The van der Waals surface area contributed by atoms with Gasteiger partial charge in [0.2, 0.25) is 5.91 Å². The largest absolute Gasteiger partial charge is 0.344 e. The maximum absolute atomic E-state index is 12.5. The van der Waals surface area contributed by atoms with E-state index in [0.717, 1.165) is 25.9 Å². The van der Waals surface area contributed by atoms with E-state index in [4.69, 9.17) is 0 Å². The number of benzene rings is 1. The van der Waals surface area contributed by atoms with Crippen molar-refractivity contribution in [3.8, 4) is 0 Å². The molecular weight excluding hydrogens is 260 g/mol. The maximum Gasteiger partial charge on any atom is 0.239 e. The normalized spacial score (nSPS) is 19.3. The lowest BCUT2D eigenvalue weighted by molar-refractivity contribution is -0.133. The molecule has 1 saturated heterocycles. The van der Waals surface area contributed by atoms with E-state index in [9.17, 15) is 4.79 Å². The van der Waals surface area contributed by atoms with Crippen molar-refractivity contribution in [3.05, 3.63) is 35.4 Å². The average Bonchev–Trinajstić information content (AvgIpc) is 2.47. The van der Waals surface area contributed by atoms with E-state index in [1.54, 1.807) is 0 Å². The Bertz CT molecular complexity index is 472. The molecule has 1 fully saturated rings. The molecule has 3 heteroatoms. The highest BCUT2D eigenvalue weighted by Crippen LogP contribution is 2.25. The van der Waals surface area contributed by atoms with Crippen LogP contribution in [0.3, 0.4) is 0 Å². The van der Waals surface area contributed by atoms with Crippen LogP contribution in [0, 0.1) is 6.92 Å². The highest BCUT2D eigenvalue weighted by molar-refractivity contribution is 5.81. The number of likely N-dealkylation sites (N-methyl/N-ethyl adjacent to an activating group) is 1. The Labute approximate surface area is 128 Å². The second-order valence-corrected chi connectivity index (χ2v) is 6.95. The summed E-state index contributed by atoms with van der Waals surface area (Å²) in [5.74, 6) is 0.231. The summed E-state index contributed by atoms with van der Waals surface area (Å²) in [4.78, 5) is 14.4. The molecule has 21 heavy (non-hydrogen) atoms. The number of carbonyl (C=O) groups excluding carboxylic acids is 1. The van der Waals surface area contributed by atoms with Crippen molar-refractivity contribution in [1.82, 2.24) is 10.2 Å². The molecule has 1 aromatic rings. The molecule has 116 valence electrons. The van der Waals surface area contributed by atoms with E-state index in [1.165, 1.54) is 17.5 Å². The monoisotopic (exact) mass is 288 g/mol. The number of carbonyl (C=O) groups is 1. The van der Waals surface area contributed by atoms with E-state index >= 15 is 0 Å². The standard InChI is InChI=1S/C18H28N2O/c1-14-8-10-15(11-9-14)18(2,3)13-20(4)17(21)16-7-5-6-12-19-16/h8-11,16,19H,5-7,12-13H2,1-4H3. The molecule has 1 atom stereocenters. The predicted molar refractivity (Wildman–Crippen MR) is 87.5 cm³/mol. The first-order chi connectivity index (χ1) is 9.90. The lowest BCUT2D eigenvalue weighted by atomic mass is 9.83. The van der Waals surface area contributed by atoms with Gasteiger partial charge in [0.15, 0.2) is 0 Å². The van der Waals surface area contributed by atoms with Gasteiger partial charge < -0.3 is 10.2 Å². The van der Waals surface area contributed by atoms with Gasteiger partial charge in [0.05, 0.1) is 6.04 Å². The fourth-order valence-corrected chi connectivity index (χ4v) is 3.10. The molecule has 0 saturated carbocycles. The third-order valence-corrected chi connectivity index (χ3v) is 4.45. The van der Waals surface area contributed by atoms with Gasteiger partial charge in [0, 0.05) is 19.0 Å². The Kier molecular flexibility index (Phi) is 5.04. The molecule has 3 nitrogen and oxygen atoms in total. The Balaban J connectivity index is 2.01. The quantitative estimate of drug-likeness (QED) is 0.924. The highest BCUT2D eigenvalue weighted by atomic mass is 16.2. The maximum atomic E-state index is 12.5. The summed E-state index contributed by atoms with van der Waals surface area (Å²) in [6, 6.07) is 8.64. The number of nitrogens with zero attached hydrogens (tertiary/aromatic N) is 1. The van der Waals surface area contributed by atoms with Crippen LogP contribution in [0.1, 0.15) is 44.2 Å². The molecule has 1 aliphatic heterocycles. The second kappa shape index (κ2) is 6.61. The minimum atomic E-state index is -0.0349. The van der Waals surface area contributed by atoms with Gasteiger partial charge in [-0.1, -0.05) is 50.1 Å². The van der Waals surface area contributed by atoms with Gasteiger partial charge in [-0.05, 0) is 31.9 Å². The second-order valence-electron chi connectivity index (χ2n) is 6.95. The van der Waals surface area contributed by atoms with E-state index < -0.39 is 0 Å². The fraction of sp³-hybridized carbons (Fsp3) is 0.611. The minimum Gasteiger partial charge on any atom is -0.344 e. The third kappa shape index (κ3) is 4.07. The van der Waals surface area contributed by atoms with Gasteiger partial charge in [-0.3, -0.25) is 4.79 Å². The van der Waals surface area contributed by atoms with Crippen LogP contribution in [0.15, 0.2) is 24.3 Å². The van der Waals surface area contributed by atoms with Gasteiger partial charge >= 0.3 is 0 Å². The molecule has 0 aliphatic carbocycles. The average molecular weight is 288 g/mol. The summed E-state index contributed by atoms with van der Waals surface area (Å²) in [5, 5.41) is 3.34. The summed E-state index contributed by atoms with van der Waals surface area (Å²) in [6.07, 6.45) is 3.30. The minimum absolute atomic E-state index is 0.0116. The Morgan fingerprint density at radius 3 is 2.52 bits per heavy atom. The highest BCUT2D eigenvalue weighted by Gasteiger charge is 2.28. The summed E-state index contributed by atoms with van der Waals surface area (Å²) in [6.45, 7) is 8.21. The van der Waals surface area contributed by atoms with E-state index in [0.29, 0.717) is 0 Å². The van der Waals surface area contributed by atoms with Crippen LogP contribution in [0.4, 0.5) is 0 Å². The topological polar surface area (TPSA) is 32.3 Å². The Morgan fingerprint density at radius 2 is 1.95 bits per heavy atom. The molecule has 2 rings (SSSR count). The molecule has 1 heterocycles. The lowest BCUT2D eigenvalue weighted by Gasteiger charge is -2.34. The van der Waals surface area contributed by atoms with Crippen molar-refractivity contribution in [2.24, 2.45) is 0 Å². The van der Waals surface area contributed by atoms with Crippen molar-refractivity contribution >= 4 is 5.91 Å². The van der Waals surface area contributed by atoms with Crippen molar-refractivity contribution < 1.29 is 4.79 Å². The number of hydrogen-bond donors (Lipinski definition) is 1. The first kappa shape index (κ1) is 16.0. The van der Waals surface area contributed by atoms with Gasteiger partial charge in [0.25, 0.3) is 0 Å². The zero-order valence-electron chi connectivity index (χ0n) is 13.8. The Hall–Kier alpha value is -1.35. The van der Waals surface area contributed by atoms with Crippen LogP contribution < -0.4 is 5.32 Å². The van der Waals surface area contributed by atoms with Gasteiger partial charge in [0.1, 0.15) is 0 Å². The Morgan fingerprint density at radius 1 is 1.29 bits per heavy atom. The van der Waals surface area contributed by atoms with Crippen molar-refractivity contribution in [1.29, 1.82) is 0 Å². The van der Waals surface area contributed by atoms with Gasteiger partial charge in [-0.15, -0.1) is 0 Å². The zero-order valence-corrected chi connectivity index (χ0v) is 13.8. The van der Waals surface area contributed by atoms with Crippen molar-refractivity contribution in [3.63, 3.8) is 0 Å². The smallest absolute Gasteiger partial charge is 0.239 e. The number of nitrogens with one attached hydrogen (secondary N) is 1.